The number of amides is 2. The van der Waals surface area contributed by atoms with Crippen molar-refractivity contribution in [3.05, 3.63) is 23.8 Å². The van der Waals surface area contributed by atoms with Crippen molar-refractivity contribution in [2.45, 2.75) is 32.3 Å². The van der Waals surface area contributed by atoms with Gasteiger partial charge in [0.15, 0.2) is 17.4 Å². The second kappa shape index (κ2) is 6.15. The van der Waals surface area contributed by atoms with Crippen molar-refractivity contribution in [2.24, 2.45) is 5.41 Å². The second-order valence-electron chi connectivity index (χ2n) is 8.13. The molecule has 150 valence electrons. The number of carbonyl (C=O) groups excluding carboxylic acids is 3. The Morgan fingerprint density at radius 3 is 2.39 bits per heavy atom. The van der Waals surface area contributed by atoms with Crippen LogP contribution in [0.5, 0.6) is 0 Å². The number of rotatable bonds is 4. The molecule has 2 saturated heterocycles. The number of ether oxygens (including phenoxy) is 1. The van der Waals surface area contributed by atoms with Crippen molar-refractivity contribution in [1.29, 1.82) is 0 Å². The van der Waals surface area contributed by atoms with Crippen molar-refractivity contribution in [3.63, 3.8) is 0 Å². The summed E-state index contributed by atoms with van der Waals surface area (Å²) in [5.74, 6) is -1.91. The van der Waals surface area contributed by atoms with E-state index in [4.69, 9.17) is 4.74 Å². The Hall–Kier alpha value is -2.71. The van der Waals surface area contributed by atoms with Crippen LogP contribution in [0.1, 0.15) is 26.7 Å². The van der Waals surface area contributed by atoms with Crippen molar-refractivity contribution in [2.75, 3.05) is 36.0 Å². The lowest BCUT2D eigenvalue weighted by molar-refractivity contribution is -0.120. The highest BCUT2D eigenvalue weighted by Crippen LogP contribution is 2.51. The summed E-state index contributed by atoms with van der Waals surface area (Å²) in [6, 6.07) is 2.15. The van der Waals surface area contributed by atoms with Gasteiger partial charge in [0.1, 0.15) is 11.3 Å². The van der Waals surface area contributed by atoms with Crippen LogP contribution in [0.3, 0.4) is 0 Å². The Kier molecular flexibility index (Phi) is 4.09. The molecule has 1 aliphatic carbocycles. The summed E-state index contributed by atoms with van der Waals surface area (Å²) >= 11 is 0. The van der Waals surface area contributed by atoms with Gasteiger partial charge in [0, 0.05) is 31.0 Å². The molecule has 1 saturated carbocycles. The van der Waals surface area contributed by atoms with E-state index in [1.807, 2.05) is 0 Å². The number of cyclic esters (lactones) is 1. The minimum Gasteiger partial charge on any atom is -0.439 e. The minimum absolute atomic E-state index is 0.00622. The predicted octanol–water partition coefficient (Wildman–Crippen LogP) is 1.99. The van der Waals surface area contributed by atoms with E-state index in [-0.39, 0.29) is 42.7 Å². The van der Waals surface area contributed by atoms with E-state index in [1.54, 1.807) is 6.92 Å². The molecule has 1 N–H and O–H groups in total. The normalized spacial score (nSPS) is 25.4. The second-order valence-corrected chi connectivity index (χ2v) is 8.13. The topological polar surface area (TPSA) is 79.0 Å². The summed E-state index contributed by atoms with van der Waals surface area (Å²) < 4.78 is 34.8. The molecule has 0 aromatic heterocycles. The third-order valence-electron chi connectivity index (χ3n) is 5.66. The number of carbonyl (C=O) groups is 3. The Balaban J connectivity index is 1.56. The van der Waals surface area contributed by atoms with Gasteiger partial charge in [-0.15, -0.1) is 0 Å². The molecule has 0 radical (unpaired) electrons. The zero-order valence-corrected chi connectivity index (χ0v) is 15.7. The largest absolute Gasteiger partial charge is 0.439 e. The van der Waals surface area contributed by atoms with Crippen molar-refractivity contribution in [1.82, 2.24) is 5.32 Å². The Morgan fingerprint density at radius 1 is 1.21 bits per heavy atom. The molecule has 4 rings (SSSR count). The minimum atomic E-state index is -1.01. The van der Waals surface area contributed by atoms with Crippen LogP contribution in [0.4, 0.5) is 25.0 Å². The summed E-state index contributed by atoms with van der Waals surface area (Å²) in [6.07, 6.45) is 0.777. The van der Waals surface area contributed by atoms with Gasteiger partial charge in [-0.05, 0) is 19.8 Å². The molecule has 1 atom stereocenters. The lowest BCUT2D eigenvalue weighted by Gasteiger charge is -2.23. The first kappa shape index (κ1) is 18.6. The lowest BCUT2D eigenvalue weighted by atomic mass is 10.1. The monoisotopic (exact) mass is 393 g/mol. The van der Waals surface area contributed by atoms with Crippen molar-refractivity contribution >= 4 is 29.2 Å². The predicted molar refractivity (Wildman–Crippen MR) is 96.2 cm³/mol. The number of benzene rings is 1. The summed E-state index contributed by atoms with van der Waals surface area (Å²) in [4.78, 5) is 38.0. The molecule has 7 nitrogen and oxygen atoms in total. The molecule has 3 fully saturated rings. The van der Waals surface area contributed by atoms with Gasteiger partial charge in [0.05, 0.1) is 25.3 Å². The number of nitrogens with one attached hydrogen (secondary N) is 1. The average Bonchev–Trinajstić information content (AvgIpc) is 3.21. The van der Waals surface area contributed by atoms with Crippen molar-refractivity contribution < 1.29 is 27.9 Å². The van der Waals surface area contributed by atoms with E-state index < -0.39 is 28.7 Å². The molecule has 0 bridgehead atoms. The first-order valence-corrected chi connectivity index (χ1v) is 9.15. The molecule has 1 aromatic rings. The van der Waals surface area contributed by atoms with E-state index in [1.165, 1.54) is 11.8 Å². The highest BCUT2D eigenvalue weighted by molar-refractivity contribution is 5.95. The van der Waals surface area contributed by atoms with E-state index in [9.17, 15) is 23.2 Å². The van der Waals surface area contributed by atoms with Crippen LogP contribution in [0.2, 0.25) is 0 Å². The molecule has 28 heavy (non-hydrogen) atoms. The van der Waals surface area contributed by atoms with Gasteiger partial charge in [-0.2, -0.15) is 0 Å². The molecule has 2 heterocycles. The van der Waals surface area contributed by atoms with E-state index in [0.717, 1.165) is 29.9 Å². The quantitative estimate of drug-likeness (QED) is 0.846. The third-order valence-corrected chi connectivity index (χ3v) is 5.66. The molecular weight excluding hydrogens is 372 g/mol. The fourth-order valence-corrected chi connectivity index (χ4v) is 3.90. The molecule has 9 heteroatoms. The van der Waals surface area contributed by atoms with Gasteiger partial charge in [0.2, 0.25) is 5.91 Å². The first-order valence-electron chi connectivity index (χ1n) is 9.15. The fourth-order valence-electron chi connectivity index (χ4n) is 3.90. The van der Waals surface area contributed by atoms with E-state index in [2.05, 4.69) is 5.32 Å². The molecule has 1 unspecified atom stereocenters. The number of hydrogen-bond acceptors (Lipinski definition) is 5. The Bertz CT molecular complexity index is 863. The standard InChI is InChI=1S/C19H21F2N3O4/c1-11(25)22-8-18(2)9-24(17(27)28-18)12-5-13(20)16(14(21)6-12)23-7-15(26)19(10-23)3-4-19/h5-6H,3-4,7-10H2,1-2H3,(H,22,25). The lowest BCUT2D eigenvalue weighted by Crippen LogP contribution is -2.43. The number of hydrogen-bond donors (Lipinski definition) is 1. The number of ketones is 1. The van der Waals surface area contributed by atoms with Crippen molar-refractivity contribution in [3.8, 4) is 0 Å². The molecule has 2 aliphatic heterocycles. The average molecular weight is 393 g/mol. The van der Waals surface area contributed by atoms with Crippen LogP contribution in [0.25, 0.3) is 0 Å². The van der Waals surface area contributed by atoms with Gasteiger partial charge in [-0.25, -0.2) is 13.6 Å². The van der Waals surface area contributed by atoms with Crippen LogP contribution in [-0.4, -0.2) is 49.6 Å². The number of anilines is 2. The molecule has 2 amide bonds. The van der Waals surface area contributed by atoms with Crippen LogP contribution in [-0.2, 0) is 14.3 Å². The number of nitrogens with zero attached hydrogens (tertiary/aromatic N) is 2. The number of Topliss-reactive ketones (excluding diaryl/α,β-unsaturated/α-hetero) is 1. The Morgan fingerprint density at radius 2 is 1.86 bits per heavy atom. The number of halogens is 2. The van der Waals surface area contributed by atoms with Gasteiger partial charge >= 0.3 is 6.09 Å². The summed E-state index contributed by atoms with van der Waals surface area (Å²) in [6.45, 7) is 3.41. The van der Waals surface area contributed by atoms with Gasteiger partial charge < -0.3 is 15.0 Å². The zero-order valence-electron chi connectivity index (χ0n) is 15.7. The fraction of sp³-hybridized carbons (Fsp3) is 0.526. The smallest absolute Gasteiger partial charge is 0.415 e. The maximum atomic E-state index is 14.8. The summed E-state index contributed by atoms with van der Waals surface area (Å²) in [5, 5.41) is 2.58. The first-order chi connectivity index (χ1) is 13.1. The van der Waals surface area contributed by atoms with E-state index in [0.29, 0.717) is 6.54 Å². The van der Waals surface area contributed by atoms with Crippen LogP contribution in [0.15, 0.2) is 12.1 Å². The van der Waals surface area contributed by atoms with Gasteiger partial charge in [-0.1, -0.05) is 0 Å². The highest BCUT2D eigenvalue weighted by Gasteiger charge is 2.55. The van der Waals surface area contributed by atoms with Crippen LogP contribution in [0, 0.1) is 17.0 Å². The maximum absolute atomic E-state index is 14.8. The summed E-state index contributed by atoms with van der Waals surface area (Å²) in [7, 11) is 0. The molecule has 3 aliphatic rings. The molecule has 1 aromatic carbocycles. The highest BCUT2D eigenvalue weighted by atomic mass is 19.1. The SMILES string of the molecule is CC(=O)NCC1(C)CN(c2cc(F)c(N3CC(=O)C4(CC4)C3)c(F)c2)C(=O)O1. The Labute approximate surface area is 160 Å². The van der Waals surface area contributed by atoms with Crippen LogP contribution >= 0.6 is 0 Å². The van der Waals surface area contributed by atoms with Gasteiger partial charge in [0.25, 0.3) is 0 Å². The third kappa shape index (κ3) is 3.08. The zero-order chi connectivity index (χ0) is 20.3. The maximum Gasteiger partial charge on any atom is 0.415 e. The summed E-state index contributed by atoms with van der Waals surface area (Å²) in [5.41, 5.74) is -1.65. The van der Waals surface area contributed by atoms with Gasteiger partial charge in [-0.3, -0.25) is 14.5 Å². The van der Waals surface area contributed by atoms with E-state index >= 15 is 0 Å². The van der Waals surface area contributed by atoms with Crippen LogP contribution < -0.4 is 15.1 Å². The molecular formula is C19H21F2N3O4. The molecule has 1 spiro atoms.